The molecule has 3 nitrogen and oxygen atoms in total. The molecule has 12 aromatic rings. The maximum Gasteiger partial charge on any atom is 0.143 e. The van der Waals surface area contributed by atoms with Crippen LogP contribution >= 0.6 is 0 Å². The van der Waals surface area contributed by atoms with Crippen LogP contribution in [0.4, 0.5) is 17.1 Å². The van der Waals surface area contributed by atoms with E-state index >= 15 is 0 Å². The van der Waals surface area contributed by atoms with Crippen LogP contribution in [0.15, 0.2) is 209 Å². The topological polar surface area (TPSA) is 29.5 Å². The number of fused-ring (bicyclic) bond motifs is 11. The van der Waals surface area contributed by atoms with E-state index in [9.17, 15) is 0 Å². The molecule has 0 bridgehead atoms. The summed E-state index contributed by atoms with van der Waals surface area (Å²) >= 11 is 0. The molecule has 0 saturated heterocycles. The fourth-order valence-electron chi connectivity index (χ4n) is 10.4. The van der Waals surface area contributed by atoms with Crippen molar-refractivity contribution in [2.45, 2.75) is 19.3 Å². The lowest BCUT2D eigenvalue weighted by Gasteiger charge is -2.28. The number of para-hydroxylation sites is 2. The summed E-state index contributed by atoms with van der Waals surface area (Å²) in [6, 6.07) is 72.5. The summed E-state index contributed by atoms with van der Waals surface area (Å²) in [4.78, 5) is 2.40. The van der Waals surface area contributed by atoms with Gasteiger partial charge in [-0.3, -0.25) is 0 Å². The third-order valence-electron chi connectivity index (χ3n) is 13.4. The Hall–Kier alpha value is -7.88. The van der Waals surface area contributed by atoms with Crippen LogP contribution in [-0.2, 0) is 5.41 Å². The SMILES string of the molecule is CC1(C)c2ccccc2-c2ccc(N(c3ccc(-c4cccc5c4oc4ccccc45)cc3)c3ccc4oc5c(-c6ccc7ccccc7c6)c6ccccc6cc5c4c3)cc21. The lowest BCUT2D eigenvalue weighted by atomic mass is 9.82. The molecule has 62 heavy (non-hydrogen) atoms. The number of anilines is 3. The molecule has 3 heteroatoms. The van der Waals surface area contributed by atoms with Crippen LogP contribution < -0.4 is 4.90 Å². The molecular weight excluding hydrogens is 755 g/mol. The predicted octanol–water partition coefficient (Wildman–Crippen LogP) is 16.9. The highest BCUT2D eigenvalue weighted by Crippen LogP contribution is 2.51. The summed E-state index contributed by atoms with van der Waals surface area (Å²) in [6.45, 7) is 4.70. The lowest BCUT2D eigenvalue weighted by Crippen LogP contribution is -2.16. The van der Waals surface area contributed by atoms with Gasteiger partial charge in [0.15, 0.2) is 0 Å². The van der Waals surface area contributed by atoms with Gasteiger partial charge in [-0.2, -0.15) is 0 Å². The van der Waals surface area contributed by atoms with Crippen molar-refractivity contribution >= 4 is 82.5 Å². The van der Waals surface area contributed by atoms with Crippen molar-refractivity contribution in [2.75, 3.05) is 4.90 Å². The smallest absolute Gasteiger partial charge is 0.143 e. The van der Waals surface area contributed by atoms with Gasteiger partial charge in [0.2, 0.25) is 0 Å². The van der Waals surface area contributed by atoms with Crippen molar-refractivity contribution in [1.82, 2.24) is 0 Å². The molecule has 1 aliphatic rings. The van der Waals surface area contributed by atoms with E-state index in [4.69, 9.17) is 8.83 Å². The first-order valence-electron chi connectivity index (χ1n) is 21.4. The van der Waals surface area contributed by atoms with Gasteiger partial charge >= 0.3 is 0 Å². The Kier molecular flexibility index (Phi) is 7.36. The van der Waals surface area contributed by atoms with Crippen LogP contribution in [0.2, 0.25) is 0 Å². The molecule has 0 saturated carbocycles. The molecule has 0 unspecified atom stereocenters. The zero-order valence-corrected chi connectivity index (χ0v) is 34.3. The summed E-state index contributed by atoms with van der Waals surface area (Å²) < 4.78 is 13.4. The Labute approximate surface area is 358 Å². The Morgan fingerprint density at radius 3 is 1.87 bits per heavy atom. The second-order valence-electron chi connectivity index (χ2n) is 17.3. The normalized spacial score (nSPS) is 13.1. The van der Waals surface area contributed by atoms with Crippen molar-refractivity contribution in [2.24, 2.45) is 0 Å². The van der Waals surface area contributed by atoms with E-state index in [1.807, 2.05) is 12.1 Å². The van der Waals surface area contributed by atoms with Gasteiger partial charge in [-0.1, -0.05) is 153 Å². The fraction of sp³-hybridized carbons (Fsp3) is 0.0508. The fourth-order valence-corrected chi connectivity index (χ4v) is 10.4. The highest BCUT2D eigenvalue weighted by molar-refractivity contribution is 6.19. The lowest BCUT2D eigenvalue weighted by molar-refractivity contribution is 0.660. The third kappa shape index (κ3) is 5.12. The van der Waals surface area contributed by atoms with Gasteiger partial charge in [0.25, 0.3) is 0 Å². The van der Waals surface area contributed by atoms with Crippen LogP contribution in [0.3, 0.4) is 0 Å². The molecule has 0 fully saturated rings. The van der Waals surface area contributed by atoms with Gasteiger partial charge in [-0.15, -0.1) is 0 Å². The highest BCUT2D eigenvalue weighted by atomic mass is 16.3. The third-order valence-corrected chi connectivity index (χ3v) is 13.4. The largest absolute Gasteiger partial charge is 0.455 e. The summed E-state index contributed by atoms with van der Waals surface area (Å²) in [7, 11) is 0. The molecule has 2 heterocycles. The Bertz CT molecular complexity index is 3790. The van der Waals surface area contributed by atoms with E-state index in [2.05, 4.69) is 207 Å². The van der Waals surface area contributed by atoms with Crippen molar-refractivity contribution in [3.05, 3.63) is 211 Å². The highest BCUT2D eigenvalue weighted by Gasteiger charge is 2.36. The van der Waals surface area contributed by atoms with Gasteiger partial charge < -0.3 is 13.7 Å². The number of hydrogen-bond donors (Lipinski definition) is 0. The summed E-state index contributed by atoms with van der Waals surface area (Å²) in [5.41, 5.74) is 16.4. The number of benzene rings is 10. The minimum absolute atomic E-state index is 0.145. The quantitative estimate of drug-likeness (QED) is 0.174. The van der Waals surface area contributed by atoms with Crippen molar-refractivity contribution in [3.8, 4) is 33.4 Å². The molecule has 0 amide bonds. The van der Waals surface area contributed by atoms with Crippen molar-refractivity contribution in [1.29, 1.82) is 0 Å². The maximum absolute atomic E-state index is 6.92. The summed E-state index contributed by atoms with van der Waals surface area (Å²) in [6.07, 6.45) is 0. The van der Waals surface area contributed by atoms with Crippen molar-refractivity contribution < 1.29 is 8.83 Å². The van der Waals surface area contributed by atoms with Crippen LogP contribution in [-0.4, -0.2) is 0 Å². The van der Waals surface area contributed by atoms with E-state index in [0.717, 1.165) is 83.2 Å². The summed E-state index contributed by atoms with van der Waals surface area (Å²) in [5, 5.41) is 9.23. The van der Waals surface area contributed by atoms with E-state index in [0.29, 0.717) is 0 Å². The second-order valence-corrected chi connectivity index (χ2v) is 17.3. The number of hydrogen-bond acceptors (Lipinski definition) is 3. The van der Waals surface area contributed by atoms with Gasteiger partial charge in [-0.05, 0) is 116 Å². The van der Waals surface area contributed by atoms with Crippen LogP contribution in [0.1, 0.15) is 25.0 Å². The zero-order valence-electron chi connectivity index (χ0n) is 34.3. The Morgan fingerprint density at radius 1 is 0.355 bits per heavy atom. The first-order chi connectivity index (χ1) is 30.5. The van der Waals surface area contributed by atoms with Crippen LogP contribution in [0, 0.1) is 0 Å². The number of nitrogens with zero attached hydrogens (tertiary/aromatic N) is 1. The molecular formula is C59H39NO2. The maximum atomic E-state index is 6.92. The van der Waals surface area contributed by atoms with E-state index < -0.39 is 0 Å². The standard InChI is InChI=1S/C59H39NO2/c1-59(2)52-20-9-7-16-46(52)47-30-28-43(35-53(47)59)60(41-26-24-37(25-27-41)45-18-11-19-49-48-17-8-10-21-54(48)61-57(45)49)42-29-31-55-50(34-42)51-33-39-14-5-6-15-44(39)56(58(51)62-55)40-23-22-36-12-3-4-13-38(36)32-40/h3-35H,1-2H3. The van der Waals surface area contributed by atoms with Gasteiger partial charge in [0.05, 0.1) is 0 Å². The average molecular weight is 794 g/mol. The van der Waals surface area contributed by atoms with Crippen LogP contribution in [0.5, 0.6) is 0 Å². The molecule has 0 radical (unpaired) electrons. The molecule has 1 aliphatic carbocycles. The van der Waals surface area contributed by atoms with Crippen molar-refractivity contribution in [3.63, 3.8) is 0 Å². The molecule has 0 N–H and O–H groups in total. The number of furan rings is 2. The molecule has 0 spiro atoms. The first-order valence-corrected chi connectivity index (χ1v) is 21.4. The molecule has 13 rings (SSSR count). The first kappa shape index (κ1) is 34.9. The molecule has 0 aliphatic heterocycles. The van der Waals surface area contributed by atoms with E-state index in [1.165, 1.54) is 43.8 Å². The molecule has 292 valence electrons. The Balaban J connectivity index is 1.00. The molecule has 0 atom stereocenters. The average Bonchev–Trinajstić information content (AvgIpc) is 3.95. The summed E-state index contributed by atoms with van der Waals surface area (Å²) in [5.74, 6) is 0. The van der Waals surface area contributed by atoms with Crippen LogP contribution in [0.25, 0.3) is 98.8 Å². The zero-order chi connectivity index (χ0) is 41.1. The minimum atomic E-state index is -0.145. The number of rotatable bonds is 5. The second kappa shape index (κ2) is 13.1. The van der Waals surface area contributed by atoms with E-state index in [-0.39, 0.29) is 5.41 Å². The minimum Gasteiger partial charge on any atom is -0.455 e. The van der Waals surface area contributed by atoms with Gasteiger partial charge in [0, 0.05) is 55.1 Å². The Morgan fingerprint density at radius 2 is 0.984 bits per heavy atom. The molecule has 2 aromatic heterocycles. The predicted molar refractivity (Wildman–Crippen MR) is 259 cm³/mol. The van der Waals surface area contributed by atoms with E-state index in [1.54, 1.807) is 0 Å². The van der Waals surface area contributed by atoms with Gasteiger partial charge in [0.1, 0.15) is 22.3 Å². The molecule has 10 aromatic carbocycles. The van der Waals surface area contributed by atoms with Gasteiger partial charge in [-0.25, -0.2) is 0 Å². The monoisotopic (exact) mass is 793 g/mol.